The van der Waals surface area contributed by atoms with Crippen molar-refractivity contribution in [3.05, 3.63) is 23.8 Å². The van der Waals surface area contributed by atoms with Crippen LogP contribution in [0.2, 0.25) is 0 Å². The van der Waals surface area contributed by atoms with Crippen LogP contribution in [0.25, 0.3) is 0 Å². The third-order valence-electron chi connectivity index (χ3n) is 2.58. The molecule has 0 aliphatic rings. The number of rotatable bonds is 4. The van der Waals surface area contributed by atoms with Crippen LogP contribution in [0.15, 0.2) is 18.2 Å². The predicted molar refractivity (Wildman–Crippen MR) is 55.2 cm³/mol. The monoisotopic (exact) mass is 246 g/mol. The molecule has 6 heteroatoms. The molecule has 0 saturated carbocycles. The summed E-state index contributed by atoms with van der Waals surface area (Å²) in [5.74, 6) is -2.47. The second-order valence-corrected chi connectivity index (χ2v) is 4.02. The number of carbonyl (C=O) groups is 1. The molecule has 0 aliphatic heterocycles. The van der Waals surface area contributed by atoms with E-state index >= 15 is 0 Å². The third-order valence-corrected chi connectivity index (χ3v) is 2.58. The molecular formula is C11H12F2O4. The quantitative estimate of drug-likeness (QED) is 0.710. The van der Waals surface area contributed by atoms with Gasteiger partial charge < -0.3 is 15.3 Å². The van der Waals surface area contributed by atoms with Gasteiger partial charge in [-0.3, -0.25) is 4.79 Å². The van der Waals surface area contributed by atoms with Crippen LogP contribution >= 0.6 is 0 Å². The summed E-state index contributed by atoms with van der Waals surface area (Å²) in [5.41, 5.74) is -2.01. The maximum atomic E-state index is 12.7. The Kier molecular flexibility index (Phi) is 3.55. The molecule has 4 nitrogen and oxygen atoms in total. The molecule has 0 saturated heterocycles. The number of carboxylic acid groups (broad SMARTS) is 1. The van der Waals surface area contributed by atoms with E-state index in [1.54, 1.807) is 0 Å². The number of aliphatic carboxylic acids is 1. The van der Waals surface area contributed by atoms with Crippen LogP contribution in [-0.2, 0) is 11.2 Å². The molecule has 0 aliphatic carbocycles. The fourth-order valence-electron chi connectivity index (χ4n) is 1.35. The lowest BCUT2D eigenvalue weighted by Crippen LogP contribution is -2.37. The van der Waals surface area contributed by atoms with Crippen molar-refractivity contribution in [2.24, 2.45) is 5.41 Å². The minimum atomic E-state index is -3.03. The van der Waals surface area contributed by atoms with Gasteiger partial charge in [-0.1, -0.05) is 6.07 Å². The Bertz CT molecular complexity index is 433. The van der Waals surface area contributed by atoms with Gasteiger partial charge in [-0.25, -0.2) is 8.78 Å². The van der Waals surface area contributed by atoms with Crippen molar-refractivity contribution in [3.63, 3.8) is 0 Å². The smallest absolute Gasteiger partial charge is 0.315 e. The van der Waals surface area contributed by atoms with E-state index in [1.807, 2.05) is 0 Å². The maximum absolute atomic E-state index is 12.7. The number of hydrogen-bond acceptors (Lipinski definition) is 3. The molecule has 0 heterocycles. The Hall–Kier alpha value is -1.85. The van der Waals surface area contributed by atoms with E-state index in [4.69, 9.17) is 10.2 Å². The van der Waals surface area contributed by atoms with E-state index in [9.17, 15) is 18.7 Å². The molecule has 1 atom stereocenters. The second-order valence-electron chi connectivity index (χ2n) is 4.02. The first-order chi connectivity index (χ1) is 7.77. The second kappa shape index (κ2) is 4.57. The summed E-state index contributed by atoms with van der Waals surface area (Å²) >= 11 is 0. The van der Waals surface area contributed by atoms with Gasteiger partial charge in [-0.2, -0.15) is 0 Å². The topological polar surface area (TPSA) is 77.8 Å². The molecule has 17 heavy (non-hydrogen) atoms. The summed E-state index contributed by atoms with van der Waals surface area (Å²) in [6.45, 7) is 0.934. The average molecular weight is 246 g/mol. The van der Waals surface area contributed by atoms with Crippen molar-refractivity contribution in [2.75, 3.05) is 0 Å². The van der Waals surface area contributed by atoms with Crippen molar-refractivity contribution in [1.82, 2.24) is 0 Å². The molecule has 0 aromatic heterocycles. The van der Waals surface area contributed by atoms with Gasteiger partial charge in [0.1, 0.15) is 5.41 Å². The summed E-state index contributed by atoms with van der Waals surface area (Å²) < 4.78 is 25.4. The van der Waals surface area contributed by atoms with Crippen LogP contribution in [0.3, 0.4) is 0 Å². The summed E-state index contributed by atoms with van der Waals surface area (Å²) in [7, 11) is 0. The molecule has 1 aromatic rings. The molecular weight excluding hydrogens is 234 g/mol. The van der Waals surface area contributed by atoms with E-state index in [0.717, 1.165) is 19.1 Å². The Morgan fingerprint density at radius 3 is 2.35 bits per heavy atom. The molecule has 1 aromatic carbocycles. The van der Waals surface area contributed by atoms with Crippen molar-refractivity contribution in [1.29, 1.82) is 0 Å². The highest BCUT2D eigenvalue weighted by Gasteiger charge is 2.43. The normalized spacial score (nSPS) is 14.6. The van der Waals surface area contributed by atoms with Crippen LogP contribution in [0.1, 0.15) is 12.5 Å². The fourth-order valence-corrected chi connectivity index (χ4v) is 1.35. The first kappa shape index (κ1) is 13.2. The van der Waals surface area contributed by atoms with Crippen LogP contribution in [0.5, 0.6) is 11.5 Å². The lowest BCUT2D eigenvalue weighted by atomic mass is 9.84. The van der Waals surface area contributed by atoms with Gasteiger partial charge in [0.05, 0.1) is 0 Å². The van der Waals surface area contributed by atoms with Gasteiger partial charge >= 0.3 is 5.97 Å². The highest BCUT2D eigenvalue weighted by atomic mass is 19.3. The standard InChI is InChI=1S/C11H12F2O4/c1-11(9(12)13,10(16)17)5-6-2-3-7(14)8(15)4-6/h2-4,9,14-15H,5H2,1H3,(H,16,17). The van der Waals surface area contributed by atoms with Crippen molar-refractivity contribution >= 4 is 5.97 Å². The highest BCUT2D eigenvalue weighted by Crippen LogP contribution is 2.33. The van der Waals surface area contributed by atoms with E-state index in [2.05, 4.69) is 0 Å². The predicted octanol–water partition coefficient (Wildman–Crippen LogP) is 2.00. The molecule has 0 bridgehead atoms. The van der Waals surface area contributed by atoms with Gasteiger partial charge in [0.25, 0.3) is 6.43 Å². The van der Waals surface area contributed by atoms with Crippen molar-refractivity contribution in [3.8, 4) is 11.5 Å². The summed E-state index contributed by atoms with van der Waals surface area (Å²) in [6.07, 6.45) is -3.47. The number of phenolic OH excluding ortho intramolecular Hbond substituents is 2. The number of alkyl halides is 2. The van der Waals surface area contributed by atoms with E-state index < -0.39 is 30.0 Å². The highest BCUT2D eigenvalue weighted by molar-refractivity contribution is 5.75. The zero-order valence-corrected chi connectivity index (χ0v) is 9.02. The average Bonchev–Trinajstić information content (AvgIpc) is 2.22. The Morgan fingerprint density at radius 2 is 1.94 bits per heavy atom. The molecule has 1 unspecified atom stereocenters. The molecule has 0 amide bonds. The number of hydrogen-bond donors (Lipinski definition) is 3. The van der Waals surface area contributed by atoms with E-state index in [0.29, 0.717) is 0 Å². The number of phenols is 2. The largest absolute Gasteiger partial charge is 0.504 e. The fraction of sp³-hybridized carbons (Fsp3) is 0.364. The third kappa shape index (κ3) is 2.64. The minimum absolute atomic E-state index is 0.213. The zero-order valence-electron chi connectivity index (χ0n) is 9.02. The van der Waals surface area contributed by atoms with Crippen LogP contribution in [0.4, 0.5) is 8.78 Å². The summed E-state index contributed by atoms with van der Waals surface area (Å²) in [6, 6.07) is 3.48. The van der Waals surface area contributed by atoms with Crippen LogP contribution < -0.4 is 0 Å². The number of aromatic hydroxyl groups is 2. The van der Waals surface area contributed by atoms with Gasteiger partial charge in [-0.15, -0.1) is 0 Å². The summed E-state index contributed by atoms with van der Waals surface area (Å²) in [4.78, 5) is 10.8. The first-order valence-electron chi connectivity index (χ1n) is 4.80. The Labute approximate surface area is 96.1 Å². The molecule has 94 valence electrons. The van der Waals surface area contributed by atoms with Gasteiger partial charge in [0.2, 0.25) is 0 Å². The molecule has 0 radical (unpaired) electrons. The summed E-state index contributed by atoms with van der Waals surface area (Å²) in [5, 5.41) is 27.0. The number of benzene rings is 1. The number of carboxylic acids is 1. The molecule has 0 fully saturated rings. The van der Waals surface area contributed by atoms with Crippen LogP contribution in [0, 0.1) is 5.41 Å². The lowest BCUT2D eigenvalue weighted by molar-refractivity contribution is -0.157. The molecule has 3 N–H and O–H groups in total. The lowest BCUT2D eigenvalue weighted by Gasteiger charge is -2.23. The van der Waals surface area contributed by atoms with Gasteiger partial charge in [0.15, 0.2) is 11.5 Å². The minimum Gasteiger partial charge on any atom is -0.504 e. The number of halogens is 2. The first-order valence-corrected chi connectivity index (χ1v) is 4.80. The molecule has 1 rings (SSSR count). The van der Waals surface area contributed by atoms with Gasteiger partial charge in [-0.05, 0) is 31.0 Å². The Morgan fingerprint density at radius 1 is 1.35 bits per heavy atom. The zero-order chi connectivity index (χ0) is 13.2. The van der Waals surface area contributed by atoms with Crippen molar-refractivity contribution in [2.45, 2.75) is 19.8 Å². The van der Waals surface area contributed by atoms with Gasteiger partial charge in [0, 0.05) is 0 Å². The van der Waals surface area contributed by atoms with Crippen molar-refractivity contribution < 1.29 is 28.9 Å². The molecule has 0 spiro atoms. The SMILES string of the molecule is CC(Cc1ccc(O)c(O)c1)(C(=O)O)C(F)F. The Balaban J connectivity index is 3.02. The van der Waals surface area contributed by atoms with Crippen LogP contribution in [-0.4, -0.2) is 27.7 Å². The van der Waals surface area contributed by atoms with E-state index in [-0.39, 0.29) is 11.3 Å². The van der Waals surface area contributed by atoms with E-state index in [1.165, 1.54) is 6.07 Å². The maximum Gasteiger partial charge on any atom is 0.315 e.